The summed E-state index contributed by atoms with van der Waals surface area (Å²) in [5.41, 5.74) is 2.53. The second-order valence-electron chi connectivity index (χ2n) is 6.61. The Hall–Kier alpha value is -2.21. The lowest BCUT2D eigenvalue weighted by Crippen LogP contribution is -2.42. The maximum atomic E-state index is 13.0. The molecule has 0 aromatic heterocycles. The first-order valence-electron chi connectivity index (χ1n) is 8.42. The molecule has 0 saturated carbocycles. The van der Waals surface area contributed by atoms with Gasteiger partial charge in [0.25, 0.3) is 5.91 Å². The number of para-hydroxylation sites is 1. The number of nitrogens with zero attached hydrogens (tertiary/aromatic N) is 3. The van der Waals surface area contributed by atoms with Crippen molar-refractivity contribution in [3.05, 3.63) is 29.8 Å². The van der Waals surface area contributed by atoms with Gasteiger partial charge < -0.3 is 10.0 Å². The van der Waals surface area contributed by atoms with E-state index in [9.17, 15) is 9.59 Å². The number of β-amino-alcohol motifs (C(OH)–C–C–N with tert-alkyl or cyclic N) is 1. The number of amides is 2. The number of rotatable bonds is 4. The fourth-order valence-electron chi connectivity index (χ4n) is 3.38. The van der Waals surface area contributed by atoms with Gasteiger partial charge in [-0.3, -0.25) is 9.59 Å². The average Bonchev–Trinajstić information content (AvgIpc) is 2.96. The molecule has 1 N–H and O–H groups in total. The first kappa shape index (κ1) is 16.6. The molecule has 6 nitrogen and oxygen atoms in total. The van der Waals surface area contributed by atoms with Crippen LogP contribution < -0.4 is 4.90 Å². The Labute approximate surface area is 141 Å². The minimum atomic E-state index is -0.168. The monoisotopic (exact) mass is 329 g/mol. The fourth-order valence-corrected chi connectivity index (χ4v) is 3.38. The Bertz CT molecular complexity index is 684. The largest absolute Gasteiger partial charge is 0.394 e. The van der Waals surface area contributed by atoms with E-state index in [-0.39, 0.29) is 31.4 Å². The molecule has 6 heteroatoms. The zero-order valence-corrected chi connectivity index (χ0v) is 14.1. The number of anilines is 1. The van der Waals surface area contributed by atoms with Gasteiger partial charge in [-0.05, 0) is 17.5 Å². The van der Waals surface area contributed by atoms with Gasteiger partial charge in [0.05, 0.1) is 13.2 Å². The number of carbonyl (C=O) groups excluding carboxylic acids is 2. The lowest BCUT2D eigenvalue weighted by molar-refractivity contribution is -0.132. The molecule has 128 valence electrons. The van der Waals surface area contributed by atoms with Crippen molar-refractivity contribution < 1.29 is 14.7 Å². The summed E-state index contributed by atoms with van der Waals surface area (Å²) in [6.07, 6.45) is 0.609. The van der Waals surface area contributed by atoms with Gasteiger partial charge in [-0.15, -0.1) is 0 Å². The zero-order chi connectivity index (χ0) is 17.3. The normalized spacial score (nSPS) is 20.4. The zero-order valence-electron chi connectivity index (χ0n) is 14.1. The first-order valence-corrected chi connectivity index (χ1v) is 8.42. The average molecular weight is 329 g/mol. The molecule has 3 rings (SSSR count). The summed E-state index contributed by atoms with van der Waals surface area (Å²) in [6, 6.07) is 7.99. The Morgan fingerprint density at radius 3 is 2.79 bits per heavy atom. The molecule has 2 amide bonds. The Morgan fingerprint density at radius 2 is 2.08 bits per heavy atom. The summed E-state index contributed by atoms with van der Waals surface area (Å²) in [7, 11) is 0. The van der Waals surface area contributed by atoms with Crippen molar-refractivity contribution in [2.45, 2.75) is 32.6 Å². The van der Waals surface area contributed by atoms with Crippen LogP contribution in [0.5, 0.6) is 0 Å². The van der Waals surface area contributed by atoms with Gasteiger partial charge >= 0.3 is 0 Å². The molecule has 2 heterocycles. The third-order valence-corrected chi connectivity index (χ3v) is 4.72. The number of hydrazone groups is 1. The Morgan fingerprint density at radius 1 is 1.33 bits per heavy atom. The van der Waals surface area contributed by atoms with Crippen LogP contribution in [0.15, 0.2) is 29.4 Å². The second kappa shape index (κ2) is 6.73. The van der Waals surface area contributed by atoms with Gasteiger partial charge in [-0.25, -0.2) is 5.01 Å². The standard InChI is InChI=1S/C18H23N3O3/c1-12(2)14-11-20(16-6-4-3-5-13(14)16)18(24)15-7-8-17(23)21(19-15)9-10-22/h3-6,12,14,22H,7-11H2,1-2H3/t14-/m1/s1. The summed E-state index contributed by atoms with van der Waals surface area (Å²) < 4.78 is 0. The van der Waals surface area contributed by atoms with E-state index >= 15 is 0 Å². The van der Waals surface area contributed by atoms with Crippen molar-refractivity contribution in [1.29, 1.82) is 0 Å². The number of hydrogen-bond donors (Lipinski definition) is 1. The highest BCUT2D eigenvalue weighted by molar-refractivity contribution is 6.44. The molecular formula is C18H23N3O3. The maximum Gasteiger partial charge on any atom is 0.274 e. The van der Waals surface area contributed by atoms with Crippen molar-refractivity contribution >= 4 is 23.2 Å². The lowest BCUT2D eigenvalue weighted by atomic mass is 9.90. The first-order chi connectivity index (χ1) is 11.5. The van der Waals surface area contributed by atoms with Crippen molar-refractivity contribution in [3.8, 4) is 0 Å². The third kappa shape index (κ3) is 2.94. The summed E-state index contributed by atoms with van der Waals surface area (Å²) in [4.78, 5) is 26.6. The van der Waals surface area contributed by atoms with E-state index in [0.29, 0.717) is 30.5 Å². The van der Waals surface area contributed by atoms with Crippen LogP contribution >= 0.6 is 0 Å². The summed E-state index contributed by atoms with van der Waals surface area (Å²) in [5, 5.41) is 14.4. The highest BCUT2D eigenvalue weighted by Gasteiger charge is 2.36. The smallest absolute Gasteiger partial charge is 0.274 e. The van der Waals surface area contributed by atoms with Crippen LogP contribution in [0.3, 0.4) is 0 Å². The Kier molecular flexibility index (Phi) is 4.66. The van der Waals surface area contributed by atoms with Gasteiger partial charge in [0, 0.05) is 31.0 Å². The molecular weight excluding hydrogens is 306 g/mol. The minimum absolute atomic E-state index is 0.126. The molecule has 0 saturated heterocycles. The van der Waals surface area contributed by atoms with Gasteiger partial charge in [-0.1, -0.05) is 32.0 Å². The summed E-state index contributed by atoms with van der Waals surface area (Å²) in [6.45, 7) is 4.92. The maximum absolute atomic E-state index is 13.0. The van der Waals surface area contributed by atoms with E-state index in [1.54, 1.807) is 4.90 Å². The van der Waals surface area contributed by atoms with E-state index in [1.165, 1.54) is 10.6 Å². The lowest BCUT2D eigenvalue weighted by Gasteiger charge is -2.25. The number of carbonyl (C=O) groups is 2. The predicted octanol–water partition coefficient (Wildman–Crippen LogP) is 1.74. The molecule has 1 aromatic carbocycles. The van der Waals surface area contributed by atoms with E-state index in [2.05, 4.69) is 25.0 Å². The summed E-state index contributed by atoms with van der Waals surface area (Å²) in [5.74, 6) is 0.456. The summed E-state index contributed by atoms with van der Waals surface area (Å²) >= 11 is 0. The predicted molar refractivity (Wildman–Crippen MR) is 91.8 cm³/mol. The van der Waals surface area contributed by atoms with E-state index < -0.39 is 0 Å². The van der Waals surface area contributed by atoms with Crippen molar-refractivity contribution in [3.63, 3.8) is 0 Å². The van der Waals surface area contributed by atoms with Gasteiger partial charge in [-0.2, -0.15) is 5.10 Å². The van der Waals surface area contributed by atoms with Crippen molar-refractivity contribution in [1.82, 2.24) is 5.01 Å². The molecule has 1 atom stereocenters. The molecule has 0 spiro atoms. The topological polar surface area (TPSA) is 73.2 Å². The number of fused-ring (bicyclic) bond motifs is 1. The Balaban J connectivity index is 1.88. The quantitative estimate of drug-likeness (QED) is 0.914. The van der Waals surface area contributed by atoms with Gasteiger partial charge in [0.15, 0.2) is 0 Å². The molecule has 0 fully saturated rings. The van der Waals surface area contributed by atoms with Crippen molar-refractivity contribution in [2.24, 2.45) is 11.0 Å². The van der Waals surface area contributed by atoms with Crippen LogP contribution in [-0.4, -0.2) is 47.3 Å². The molecule has 2 aliphatic heterocycles. The number of aliphatic hydroxyl groups is 1. The number of hydrogen-bond acceptors (Lipinski definition) is 4. The molecule has 0 radical (unpaired) electrons. The molecule has 0 unspecified atom stereocenters. The molecule has 0 aliphatic carbocycles. The highest BCUT2D eigenvalue weighted by atomic mass is 16.3. The van der Waals surface area contributed by atoms with Crippen LogP contribution in [0.2, 0.25) is 0 Å². The third-order valence-electron chi connectivity index (χ3n) is 4.72. The van der Waals surface area contributed by atoms with Crippen LogP contribution in [0, 0.1) is 5.92 Å². The number of aliphatic hydroxyl groups excluding tert-OH is 1. The van der Waals surface area contributed by atoms with Crippen LogP contribution in [-0.2, 0) is 9.59 Å². The van der Waals surface area contributed by atoms with E-state index in [1.807, 2.05) is 18.2 Å². The fraction of sp³-hybridized carbons (Fsp3) is 0.500. The van der Waals surface area contributed by atoms with Gasteiger partial charge in [0.1, 0.15) is 5.71 Å². The van der Waals surface area contributed by atoms with Crippen LogP contribution in [0.25, 0.3) is 0 Å². The van der Waals surface area contributed by atoms with E-state index in [4.69, 9.17) is 5.11 Å². The molecule has 1 aromatic rings. The number of benzene rings is 1. The van der Waals surface area contributed by atoms with Crippen LogP contribution in [0.4, 0.5) is 5.69 Å². The van der Waals surface area contributed by atoms with Crippen molar-refractivity contribution in [2.75, 3.05) is 24.6 Å². The SMILES string of the molecule is CC(C)[C@H]1CN(C(=O)C2=NN(CCO)C(=O)CC2)c2ccccc21. The molecule has 24 heavy (non-hydrogen) atoms. The minimum Gasteiger partial charge on any atom is -0.394 e. The van der Waals surface area contributed by atoms with Crippen LogP contribution in [0.1, 0.15) is 38.2 Å². The second-order valence-corrected chi connectivity index (χ2v) is 6.61. The molecule has 2 aliphatic rings. The molecule has 0 bridgehead atoms. The van der Waals surface area contributed by atoms with Gasteiger partial charge in [0.2, 0.25) is 5.91 Å². The van der Waals surface area contributed by atoms with E-state index in [0.717, 1.165) is 5.69 Å². The highest BCUT2D eigenvalue weighted by Crippen LogP contribution is 2.40.